The number of aromatic nitrogens is 1. The van der Waals surface area contributed by atoms with Crippen molar-refractivity contribution in [2.75, 3.05) is 5.73 Å². The minimum Gasteiger partial charge on any atom is -0.464 e. The topological polar surface area (TPSA) is 75.8 Å². The second kappa shape index (κ2) is 5.29. The van der Waals surface area contributed by atoms with Crippen LogP contribution < -0.4 is 5.73 Å². The zero-order chi connectivity index (χ0) is 15.8. The second-order valence-electron chi connectivity index (χ2n) is 5.67. The highest BCUT2D eigenvalue weighted by Crippen LogP contribution is 2.40. The highest BCUT2D eigenvalue weighted by Gasteiger charge is 2.25. The molecule has 0 atom stereocenters. The monoisotopic (exact) mass is 301 g/mol. The Kier molecular flexibility index (Phi) is 3.13. The average molecular weight is 301 g/mol. The van der Waals surface area contributed by atoms with Gasteiger partial charge in [-0.2, -0.15) is 5.26 Å². The third kappa shape index (κ3) is 2.09. The first kappa shape index (κ1) is 13.6. The number of aryl methyl sites for hydroxylation is 1. The summed E-state index contributed by atoms with van der Waals surface area (Å²) in [6.07, 6.45) is 4.46. The van der Waals surface area contributed by atoms with E-state index in [0.29, 0.717) is 11.3 Å². The number of hydrogen-bond donors (Lipinski definition) is 1. The van der Waals surface area contributed by atoms with Gasteiger partial charge in [-0.25, -0.2) is 4.98 Å². The summed E-state index contributed by atoms with van der Waals surface area (Å²) in [6, 6.07) is 14.2. The van der Waals surface area contributed by atoms with Gasteiger partial charge < -0.3 is 10.2 Å². The van der Waals surface area contributed by atoms with Gasteiger partial charge in [-0.05, 0) is 42.5 Å². The van der Waals surface area contributed by atoms with Crippen LogP contribution in [0, 0.1) is 11.3 Å². The van der Waals surface area contributed by atoms with Crippen LogP contribution in [0.1, 0.15) is 23.1 Å². The van der Waals surface area contributed by atoms with Crippen LogP contribution in [0.15, 0.2) is 47.1 Å². The lowest BCUT2D eigenvalue weighted by Crippen LogP contribution is -2.04. The third-order valence-electron chi connectivity index (χ3n) is 4.35. The van der Waals surface area contributed by atoms with E-state index in [1.165, 1.54) is 5.56 Å². The number of nitrogen functional groups attached to an aromatic ring is 1. The fourth-order valence-corrected chi connectivity index (χ4v) is 3.34. The minimum atomic E-state index is 0.259. The van der Waals surface area contributed by atoms with Crippen LogP contribution >= 0.6 is 0 Å². The number of nitrogens with two attached hydrogens (primary N) is 1. The summed E-state index contributed by atoms with van der Waals surface area (Å²) in [5.74, 6) is 0.931. The maximum Gasteiger partial charge on any atom is 0.142 e. The van der Waals surface area contributed by atoms with Gasteiger partial charge in [0.25, 0.3) is 0 Å². The van der Waals surface area contributed by atoms with E-state index in [9.17, 15) is 5.26 Å². The molecule has 1 aliphatic carbocycles. The lowest BCUT2D eigenvalue weighted by atomic mass is 9.94. The van der Waals surface area contributed by atoms with Crippen LogP contribution in [0.4, 0.5) is 5.82 Å². The highest BCUT2D eigenvalue weighted by atomic mass is 16.3. The SMILES string of the molecule is N#Cc1c(N)nc2c(c1-c1ccco1)CCCc1ccccc1-2. The van der Waals surface area contributed by atoms with Gasteiger partial charge in [0.05, 0.1) is 12.0 Å². The molecular weight excluding hydrogens is 286 g/mol. The third-order valence-corrected chi connectivity index (χ3v) is 4.35. The Morgan fingerprint density at radius 2 is 2.00 bits per heavy atom. The number of fused-ring (bicyclic) bond motifs is 3. The summed E-state index contributed by atoms with van der Waals surface area (Å²) in [4.78, 5) is 4.57. The van der Waals surface area contributed by atoms with Crippen LogP contribution in [-0.2, 0) is 12.8 Å². The fourth-order valence-electron chi connectivity index (χ4n) is 3.34. The van der Waals surface area contributed by atoms with Gasteiger partial charge in [0, 0.05) is 11.1 Å². The molecule has 0 radical (unpaired) electrons. The molecule has 0 saturated heterocycles. The van der Waals surface area contributed by atoms with Crippen LogP contribution in [0.25, 0.3) is 22.6 Å². The van der Waals surface area contributed by atoms with Crippen molar-refractivity contribution in [1.29, 1.82) is 5.26 Å². The molecule has 0 amide bonds. The number of rotatable bonds is 1. The highest BCUT2D eigenvalue weighted by molar-refractivity contribution is 5.83. The van der Waals surface area contributed by atoms with Crippen LogP contribution in [-0.4, -0.2) is 4.98 Å². The Labute approximate surface area is 134 Å². The zero-order valence-corrected chi connectivity index (χ0v) is 12.5. The van der Waals surface area contributed by atoms with Crippen molar-refractivity contribution in [1.82, 2.24) is 4.98 Å². The number of pyridine rings is 1. The van der Waals surface area contributed by atoms with Gasteiger partial charge in [-0.15, -0.1) is 0 Å². The molecular formula is C19H15N3O. The van der Waals surface area contributed by atoms with E-state index in [0.717, 1.165) is 41.6 Å². The lowest BCUT2D eigenvalue weighted by molar-refractivity contribution is 0.581. The Balaban J connectivity index is 2.10. The lowest BCUT2D eigenvalue weighted by Gasteiger charge is -2.15. The summed E-state index contributed by atoms with van der Waals surface area (Å²) in [7, 11) is 0. The molecule has 23 heavy (non-hydrogen) atoms. The Morgan fingerprint density at radius 3 is 2.78 bits per heavy atom. The molecule has 2 heterocycles. The molecule has 0 saturated carbocycles. The molecule has 3 aromatic rings. The molecule has 1 aromatic carbocycles. The number of anilines is 1. The van der Waals surface area contributed by atoms with Crippen LogP contribution in [0.3, 0.4) is 0 Å². The largest absolute Gasteiger partial charge is 0.464 e. The molecule has 4 rings (SSSR count). The molecule has 0 bridgehead atoms. The van der Waals surface area contributed by atoms with Gasteiger partial charge in [0.2, 0.25) is 0 Å². The Hall–Kier alpha value is -3.06. The molecule has 2 aromatic heterocycles. The number of hydrogen-bond acceptors (Lipinski definition) is 4. The summed E-state index contributed by atoms with van der Waals surface area (Å²) in [6.45, 7) is 0. The van der Waals surface area contributed by atoms with E-state index in [1.807, 2.05) is 24.3 Å². The molecule has 4 nitrogen and oxygen atoms in total. The summed E-state index contributed by atoms with van der Waals surface area (Å²) in [5, 5.41) is 9.55. The Bertz CT molecular complexity index is 921. The number of benzene rings is 1. The van der Waals surface area contributed by atoms with E-state index < -0.39 is 0 Å². The predicted molar refractivity (Wildman–Crippen MR) is 88.5 cm³/mol. The first-order chi connectivity index (χ1) is 11.3. The number of nitrogens with zero attached hydrogens (tertiary/aromatic N) is 2. The predicted octanol–water partition coefficient (Wildman–Crippen LogP) is 3.95. The van der Waals surface area contributed by atoms with Gasteiger partial charge in [-0.3, -0.25) is 0 Å². The van der Waals surface area contributed by atoms with Gasteiger partial charge in [0.15, 0.2) is 0 Å². The summed E-state index contributed by atoms with van der Waals surface area (Å²) >= 11 is 0. The van der Waals surface area contributed by atoms with E-state index in [-0.39, 0.29) is 5.82 Å². The van der Waals surface area contributed by atoms with E-state index >= 15 is 0 Å². The van der Waals surface area contributed by atoms with E-state index in [1.54, 1.807) is 6.26 Å². The fraction of sp³-hybridized carbons (Fsp3) is 0.158. The molecule has 0 fully saturated rings. The average Bonchev–Trinajstić information content (AvgIpc) is 3.03. The van der Waals surface area contributed by atoms with Crippen molar-refractivity contribution in [3.63, 3.8) is 0 Å². The number of nitriles is 1. The van der Waals surface area contributed by atoms with Gasteiger partial charge in [0.1, 0.15) is 23.2 Å². The molecule has 0 unspecified atom stereocenters. The van der Waals surface area contributed by atoms with Crippen LogP contribution in [0.5, 0.6) is 0 Å². The van der Waals surface area contributed by atoms with Crippen molar-refractivity contribution in [2.24, 2.45) is 0 Å². The minimum absolute atomic E-state index is 0.259. The molecule has 0 spiro atoms. The quantitative estimate of drug-likeness (QED) is 0.738. The van der Waals surface area contributed by atoms with Crippen molar-refractivity contribution in [3.05, 3.63) is 59.4 Å². The van der Waals surface area contributed by atoms with Crippen molar-refractivity contribution in [3.8, 4) is 28.7 Å². The van der Waals surface area contributed by atoms with Crippen molar-refractivity contribution < 1.29 is 4.42 Å². The summed E-state index contributed by atoms with van der Waals surface area (Å²) < 4.78 is 5.58. The maximum absolute atomic E-state index is 9.55. The second-order valence-corrected chi connectivity index (χ2v) is 5.67. The molecule has 4 heteroatoms. The zero-order valence-electron chi connectivity index (χ0n) is 12.5. The first-order valence-corrected chi connectivity index (χ1v) is 7.64. The van der Waals surface area contributed by atoms with Crippen LogP contribution in [0.2, 0.25) is 0 Å². The Morgan fingerprint density at radius 1 is 1.13 bits per heavy atom. The normalized spacial score (nSPS) is 12.8. The molecule has 0 aliphatic heterocycles. The van der Waals surface area contributed by atoms with Crippen molar-refractivity contribution >= 4 is 5.82 Å². The van der Waals surface area contributed by atoms with E-state index in [2.05, 4.69) is 23.2 Å². The van der Waals surface area contributed by atoms with Gasteiger partial charge >= 0.3 is 0 Å². The van der Waals surface area contributed by atoms with Gasteiger partial charge in [-0.1, -0.05) is 24.3 Å². The number of furan rings is 1. The summed E-state index contributed by atoms with van der Waals surface area (Å²) in [5.41, 5.74) is 11.6. The molecule has 112 valence electrons. The first-order valence-electron chi connectivity index (χ1n) is 7.64. The standard InChI is InChI=1S/C19H15N3O/c20-11-15-17(16-9-4-10-23-16)14-8-3-6-12-5-1-2-7-13(12)18(14)22-19(15)21/h1-2,4-5,7,9-10H,3,6,8H2,(H2,21,22). The maximum atomic E-state index is 9.55. The molecule has 1 aliphatic rings. The van der Waals surface area contributed by atoms with E-state index in [4.69, 9.17) is 10.2 Å². The van der Waals surface area contributed by atoms with Crippen molar-refractivity contribution in [2.45, 2.75) is 19.3 Å². The molecule has 2 N–H and O–H groups in total. The smallest absolute Gasteiger partial charge is 0.142 e.